The lowest BCUT2D eigenvalue weighted by Gasteiger charge is -2.49. The van der Waals surface area contributed by atoms with Crippen LogP contribution in [-0.4, -0.2) is 19.5 Å². The van der Waals surface area contributed by atoms with E-state index >= 15 is 0 Å². The van der Waals surface area contributed by atoms with E-state index in [1.165, 1.54) is 14.0 Å². The number of carbonyl (C=O) groups is 1. The zero-order valence-corrected chi connectivity index (χ0v) is 10.7. The van der Waals surface area contributed by atoms with Gasteiger partial charge in [-0.15, -0.1) is 0 Å². The topological polar surface area (TPSA) is 121 Å². The molecule has 6 nitrogen and oxygen atoms in total. The fourth-order valence-electron chi connectivity index (χ4n) is 2.76. The van der Waals surface area contributed by atoms with Crippen LogP contribution in [0, 0.1) is 61.6 Å². The van der Waals surface area contributed by atoms with Gasteiger partial charge in [-0.2, -0.15) is 21.0 Å². The average Bonchev–Trinajstić information content (AvgIpc) is 2.46. The Kier molecular flexibility index (Phi) is 3.62. The highest BCUT2D eigenvalue weighted by molar-refractivity contribution is 5.66. The second-order valence-corrected chi connectivity index (χ2v) is 4.80. The molecule has 1 aliphatic carbocycles. The van der Waals surface area contributed by atoms with E-state index in [4.69, 9.17) is 4.74 Å². The van der Waals surface area contributed by atoms with Crippen molar-refractivity contribution in [3.8, 4) is 24.3 Å². The second-order valence-electron chi connectivity index (χ2n) is 4.80. The molecule has 0 aromatic heterocycles. The van der Waals surface area contributed by atoms with Crippen molar-refractivity contribution in [3.05, 3.63) is 0 Å². The predicted octanol–water partition coefficient (Wildman–Crippen LogP) is 1.07. The van der Waals surface area contributed by atoms with Gasteiger partial charge in [0, 0.05) is 7.11 Å². The Labute approximate surface area is 111 Å². The van der Waals surface area contributed by atoms with Gasteiger partial charge in [-0.25, -0.2) is 0 Å². The summed E-state index contributed by atoms with van der Waals surface area (Å²) >= 11 is 0. The third-order valence-corrected chi connectivity index (χ3v) is 4.09. The van der Waals surface area contributed by atoms with Gasteiger partial charge in [0.2, 0.25) is 5.41 Å². The van der Waals surface area contributed by atoms with Gasteiger partial charge in [0.25, 0.3) is 0 Å². The summed E-state index contributed by atoms with van der Waals surface area (Å²) in [6.07, 6.45) is 0.0864. The van der Waals surface area contributed by atoms with Crippen LogP contribution < -0.4 is 0 Å². The normalized spacial score (nSPS) is 30.9. The van der Waals surface area contributed by atoms with E-state index in [9.17, 15) is 25.8 Å². The van der Waals surface area contributed by atoms with Crippen molar-refractivity contribution in [1.82, 2.24) is 0 Å². The minimum Gasteiger partial charge on any atom is -0.379 e. The predicted molar refractivity (Wildman–Crippen MR) is 61.5 cm³/mol. The smallest absolute Gasteiger partial charge is 0.202 e. The van der Waals surface area contributed by atoms with Crippen molar-refractivity contribution in [2.24, 2.45) is 16.2 Å². The molecule has 2 unspecified atom stereocenters. The van der Waals surface area contributed by atoms with Crippen molar-refractivity contribution in [2.75, 3.05) is 7.11 Å². The standard InChI is InChI=1S/C13H12N4O2/c1-11(9-18)4-3-10(19-2)12(5-14,6-15)13(11,7-16)8-17/h9-10H,3-4H2,1-2H3. The Morgan fingerprint density at radius 3 is 2.00 bits per heavy atom. The summed E-state index contributed by atoms with van der Waals surface area (Å²) < 4.78 is 5.12. The van der Waals surface area contributed by atoms with E-state index < -0.39 is 22.3 Å². The first-order valence-corrected chi connectivity index (χ1v) is 5.61. The van der Waals surface area contributed by atoms with Gasteiger partial charge < -0.3 is 9.53 Å². The molecule has 96 valence electrons. The van der Waals surface area contributed by atoms with Gasteiger partial charge in [-0.3, -0.25) is 0 Å². The molecule has 0 aromatic carbocycles. The number of carbonyl (C=O) groups excluding carboxylic acids is 1. The Morgan fingerprint density at radius 2 is 1.68 bits per heavy atom. The van der Waals surface area contributed by atoms with E-state index in [2.05, 4.69) is 0 Å². The van der Waals surface area contributed by atoms with E-state index in [0.29, 0.717) is 6.29 Å². The highest BCUT2D eigenvalue weighted by Crippen LogP contribution is 2.59. The Hall–Kier alpha value is -2.41. The van der Waals surface area contributed by atoms with Crippen LogP contribution >= 0.6 is 0 Å². The van der Waals surface area contributed by atoms with Crippen molar-refractivity contribution >= 4 is 6.29 Å². The van der Waals surface area contributed by atoms with Crippen LogP contribution in [0.4, 0.5) is 0 Å². The molecular formula is C13H12N4O2. The summed E-state index contributed by atoms with van der Waals surface area (Å²) in [7, 11) is 1.32. The highest BCUT2D eigenvalue weighted by atomic mass is 16.5. The summed E-state index contributed by atoms with van der Waals surface area (Å²) in [4.78, 5) is 11.4. The lowest BCUT2D eigenvalue weighted by molar-refractivity contribution is -0.132. The minimum atomic E-state index is -2.05. The Morgan fingerprint density at radius 1 is 1.16 bits per heavy atom. The average molecular weight is 256 g/mol. The molecule has 0 spiro atoms. The fraction of sp³-hybridized carbons (Fsp3) is 0.615. The number of aldehydes is 1. The maximum atomic E-state index is 11.4. The lowest BCUT2D eigenvalue weighted by Crippen LogP contribution is -2.60. The quantitative estimate of drug-likeness (QED) is 0.681. The zero-order chi connectivity index (χ0) is 14.7. The molecule has 0 N–H and O–H groups in total. The molecule has 0 bridgehead atoms. The first-order chi connectivity index (χ1) is 8.97. The van der Waals surface area contributed by atoms with Crippen LogP contribution in [0.15, 0.2) is 0 Å². The van der Waals surface area contributed by atoms with Crippen LogP contribution in [0.2, 0.25) is 0 Å². The van der Waals surface area contributed by atoms with Crippen LogP contribution in [0.3, 0.4) is 0 Å². The maximum Gasteiger partial charge on any atom is 0.202 e. The lowest BCUT2D eigenvalue weighted by atomic mass is 9.46. The monoisotopic (exact) mass is 256 g/mol. The zero-order valence-electron chi connectivity index (χ0n) is 10.7. The first-order valence-electron chi connectivity index (χ1n) is 5.61. The molecule has 1 fully saturated rings. The number of hydrogen-bond acceptors (Lipinski definition) is 6. The Balaban J connectivity index is 3.74. The number of rotatable bonds is 2. The van der Waals surface area contributed by atoms with Crippen LogP contribution in [0.5, 0.6) is 0 Å². The van der Waals surface area contributed by atoms with Gasteiger partial charge >= 0.3 is 0 Å². The van der Waals surface area contributed by atoms with Gasteiger partial charge in [0.15, 0.2) is 5.41 Å². The molecule has 2 atom stereocenters. The summed E-state index contributed by atoms with van der Waals surface area (Å²) in [5.41, 5.74) is -5.42. The third kappa shape index (κ3) is 1.45. The van der Waals surface area contributed by atoms with E-state index in [0.717, 1.165) is 0 Å². The number of hydrogen-bond donors (Lipinski definition) is 0. The van der Waals surface area contributed by atoms with Crippen LogP contribution in [0.25, 0.3) is 0 Å². The molecule has 1 saturated carbocycles. The molecule has 0 radical (unpaired) electrons. The SMILES string of the molecule is COC1CCC(C)(C=O)C(C#N)(C#N)C1(C#N)C#N. The molecule has 0 aliphatic heterocycles. The molecule has 19 heavy (non-hydrogen) atoms. The van der Waals surface area contributed by atoms with Gasteiger partial charge in [-0.05, 0) is 12.8 Å². The Bertz CT molecular complexity index is 529. The van der Waals surface area contributed by atoms with Gasteiger partial charge in [0.05, 0.1) is 35.8 Å². The van der Waals surface area contributed by atoms with E-state index in [1.807, 2.05) is 0 Å². The number of nitrogens with zero attached hydrogens (tertiary/aromatic N) is 4. The minimum absolute atomic E-state index is 0.210. The number of methoxy groups -OCH3 is 1. The van der Waals surface area contributed by atoms with Gasteiger partial charge in [0.1, 0.15) is 6.29 Å². The first kappa shape index (κ1) is 14.7. The van der Waals surface area contributed by atoms with Crippen LogP contribution in [0.1, 0.15) is 19.8 Å². The largest absolute Gasteiger partial charge is 0.379 e. The van der Waals surface area contributed by atoms with Crippen LogP contribution in [-0.2, 0) is 9.53 Å². The molecule has 0 heterocycles. The number of nitriles is 4. The molecule has 0 amide bonds. The number of ether oxygens (including phenoxy) is 1. The third-order valence-electron chi connectivity index (χ3n) is 4.09. The fourth-order valence-corrected chi connectivity index (χ4v) is 2.76. The van der Waals surface area contributed by atoms with Crippen molar-refractivity contribution in [2.45, 2.75) is 25.9 Å². The van der Waals surface area contributed by atoms with E-state index in [-0.39, 0.29) is 12.8 Å². The summed E-state index contributed by atoms with van der Waals surface area (Å²) in [5, 5.41) is 37.7. The molecule has 0 aromatic rings. The summed E-state index contributed by atoms with van der Waals surface area (Å²) in [6, 6.07) is 7.02. The molecular weight excluding hydrogens is 244 g/mol. The van der Waals surface area contributed by atoms with E-state index in [1.54, 1.807) is 24.3 Å². The molecule has 0 saturated heterocycles. The second kappa shape index (κ2) is 4.69. The van der Waals surface area contributed by atoms with Crippen molar-refractivity contribution < 1.29 is 9.53 Å². The maximum absolute atomic E-state index is 11.4. The summed E-state index contributed by atoms with van der Waals surface area (Å²) in [6.45, 7) is 1.43. The van der Waals surface area contributed by atoms with Crippen molar-refractivity contribution in [1.29, 1.82) is 21.0 Å². The molecule has 1 aliphatic rings. The van der Waals surface area contributed by atoms with Gasteiger partial charge in [-0.1, -0.05) is 6.92 Å². The highest BCUT2D eigenvalue weighted by Gasteiger charge is 2.70. The summed E-state index contributed by atoms with van der Waals surface area (Å²) in [5.74, 6) is 0. The molecule has 6 heteroatoms. The van der Waals surface area contributed by atoms with Crippen molar-refractivity contribution in [3.63, 3.8) is 0 Å². The molecule has 1 rings (SSSR count).